The van der Waals surface area contributed by atoms with E-state index in [-0.39, 0.29) is 16.8 Å². The molecular formula is C13H15ClN4O. The Labute approximate surface area is 117 Å². The van der Waals surface area contributed by atoms with Crippen LogP contribution in [0.2, 0.25) is 5.15 Å². The molecule has 0 unspecified atom stereocenters. The Kier molecular flexibility index (Phi) is 4.01. The Morgan fingerprint density at radius 1 is 1.47 bits per heavy atom. The molecule has 1 aromatic heterocycles. The van der Waals surface area contributed by atoms with Crippen molar-refractivity contribution in [3.8, 4) is 6.07 Å². The Morgan fingerprint density at radius 2 is 2.16 bits per heavy atom. The van der Waals surface area contributed by atoms with Crippen LogP contribution in [0.4, 0.5) is 0 Å². The maximum absolute atomic E-state index is 12.1. The van der Waals surface area contributed by atoms with Crippen molar-refractivity contribution in [1.29, 1.82) is 5.26 Å². The van der Waals surface area contributed by atoms with Crippen molar-refractivity contribution in [3.63, 3.8) is 0 Å². The molecule has 1 aliphatic carbocycles. The van der Waals surface area contributed by atoms with E-state index < -0.39 is 5.54 Å². The van der Waals surface area contributed by atoms with E-state index in [2.05, 4.69) is 28.5 Å². The molecule has 19 heavy (non-hydrogen) atoms. The molecule has 1 aliphatic rings. The highest BCUT2D eigenvalue weighted by Crippen LogP contribution is 2.31. The monoisotopic (exact) mass is 278 g/mol. The first-order valence-corrected chi connectivity index (χ1v) is 6.65. The van der Waals surface area contributed by atoms with Gasteiger partial charge >= 0.3 is 0 Å². The summed E-state index contributed by atoms with van der Waals surface area (Å²) in [6, 6.07) is 5.25. The van der Waals surface area contributed by atoms with Crippen molar-refractivity contribution >= 4 is 17.5 Å². The standard InChI is InChI=1S/C13H15ClN4O/c1-9-4-6-13(8-15,7-5-9)16-12(19)10-2-3-11(14)18-17-10/h2-3,9H,4-7H2,1H3,(H,16,19). The lowest BCUT2D eigenvalue weighted by molar-refractivity contribution is 0.0887. The van der Waals surface area contributed by atoms with Crippen LogP contribution in [0.15, 0.2) is 12.1 Å². The summed E-state index contributed by atoms with van der Waals surface area (Å²) in [5.41, 5.74) is -0.595. The minimum absolute atomic E-state index is 0.178. The maximum atomic E-state index is 12.1. The predicted molar refractivity (Wildman–Crippen MR) is 70.5 cm³/mol. The lowest BCUT2D eigenvalue weighted by atomic mass is 9.78. The van der Waals surface area contributed by atoms with Gasteiger partial charge in [0.15, 0.2) is 10.8 Å². The van der Waals surface area contributed by atoms with Gasteiger partial charge in [0.25, 0.3) is 5.91 Å². The smallest absolute Gasteiger partial charge is 0.273 e. The Bertz CT molecular complexity index is 500. The van der Waals surface area contributed by atoms with E-state index in [9.17, 15) is 10.1 Å². The fourth-order valence-corrected chi connectivity index (χ4v) is 2.34. The average Bonchev–Trinajstić information content (AvgIpc) is 2.42. The highest BCUT2D eigenvalue weighted by atomic mass is 35.5. The molecule has 0 atom stereocenters. The zero-order valence-electron chi connectivity index (χ0n) is 10.7. The number of nitrogens with one attached hydrogen (secondary N) is 1. The van der Waals surface area contributed by atoms with Crippen LogP contribution in [-0.2, 0) is 0 Å². The molecule has 0 saturated heterocycles. The Balaban J connectivity index is 2.09. The van der Waals surface area contributed by atoms with Gasteiger partial charge in [-0.1, -0.05) is 18.5 Å². The minimum Gasteiger partial charge on any atom is -0.332 e. The van der Waals surface area contributed by atoms with E-state index >= 15 is 0 Å². The SMILES string of the molecule is CC1CCC(C#N)(NC(=O)c2ccc(Cl)nn2)CC1. The van der Waals surface area contributed by atoms with Gasteiger partial charge in [-0.3, -0.25) is 4.79 Å². The van der Waals surface area contributed by atoms with Gasteiger partial charge in [-0.05, 0) is 43.7 Å². The lowest BCUT2D eigenvalue weighted by Crippen LogP contribution is -2.49. The second-order valence-electron chi connectivity index (χ2n) is 5.07. The highest BCUT2D eigenvalue weighted by Gasteiger charge is 2.36. The number of hydrogen-bond acceptors (Lipinski definition) is 4. The number of carbonyl (C=O) groups excluding carboxylic acids is 1. The second kappa shape index (κ2) is 5.54. The quantitative estimate of drug-likeness (QED) is 0.900. The summed E-state index contributed by atoms with van der Waals surface area (Å²) in [5.74, 6) is 0.231. The van der Waals surface area contributed by atoms with Gasteiger partial charge in [-0.25, -0.2) is 0 Å². The molecular weight excluding hydrogens is 264 g/mol. The fraction of sp³-hybridized carbons (Fsp3) is 0.538. The van der Waals surface area contributed by atoms with Crippen molar-refractivity contribution < 1.29 is 4.79 Å². The number of amides is 1. The first-order valence-electron chi connectivity index (χ1n) is 6.28. The average molecular weight is 279 g/mol. The zero-order valence-corrected chi connectivity index (χ0v) is 11.4. The van der Waals surface area contributed by atoms with Gasteiger partial charge < -0.3 is 5.32 Å². The third-order valence-corrected chi connectivity index (χ3v) is 3.76. The topological polar surface area (TPSA) is 78.7 Å². The summed E-state index contributed by atoms with van der Waals surface area (Å²) < 4.78 is 0. The number of nitrogens with zero attached hydrogens (tertiary/aromatic N) is 3. The lowest BCUT2D eigenvalue weighted by Gasteiger charge is -2.34. The molecule has 0 aromatic carbocycles. The molecule has 0 bridgehead atoms. The van der Waals surface area contributed by atoms with Gasteiger partial charge in [0.1, 0.15) is 5.54 Å². The predicted octanol–water partition coefficient (Wildman–Crippen LogP) is 2.33. The molecule has 6 heteroatoms. The van der Waals surface area contributed by atoms with Crippen LogP contribution in [0.5, 0.6) is 0 Å². The normalized spacial score (nSPS) is 26.5. The van der Waals surface area contributed by atoms with Gasteiger partial charge in [0.05, 0.1) is 6.07 Å². The molecule has 100 valence electrons. The van der Waals surface area contributed by atoms with E-state index in [1.165, 1.54) is 12.1 Å². The van der Waals surface area contributed by atoms with Crippen LogP contribution in [0.25, 0.3) is 0 Å². The van der Waals surface area contributed by atoms with Crippen LogP contribution in [-0.4, -0.2) is 21.6 Å². The molecule has 2 rings (SSSR count). The van der Waals surface area contributed by atoms with E-state index in [0.717, 1.165) is 12.8 Å². The van der Waals surface area contributed by atoms with Crippen molar-refractivity contribution in [3.05, 3.63) is 23.0 Å². The van der Waals surface area contributed by atoms with Crippen LogP contribution >= 0.6 is 11.6 Å². The molecule has 0 aliphatic heterocycles. The van der Waals surface area contributed by atoms with Gasteiger partial charge in [0.2, 0.25) is 0 Å². The van der Waals surface area contributed by atoms with E-state index in [4.69, 9.17) is 11.6 Å². The summed E-state index contributed by atoms with van der Waals surface area (Å²) in [6.07, 6.45) is 3.25. The molecule has 5 nitrogen and oxygen atoms in total. The van der Waals surface area contributed by atoms with Gasteiger partial charge in [-0.15, -0.1) is 10.2 Å². The summed E-state index contributed by atoms with van der Waals surface area (Å²) in [7, 11) is 0. The van der Waals surface area contributed by atoms with E-state index in [1.807, 2.05) is 0 Å². The molecule has 1 N–H and O–H groups in total. The molecule has 1 heterocycles. The molecule has 1 aromatic rings. The third-order valence-electron chi connectivity index (χ3n) is 3.56. The summed E-state index contributed by atoms with van der Waals surface area (Å²) in [4.78, 5) is 12.1. The summed E-state index contributed by atoms with van der Waals surface area (Å²) in [5, 5.41) is 19.7. The molecule has 0 spiro atoms. The fourth-order valence-electron chi connectivity index (χ4n) is 2.24. The van der Waals surface area contributed by atoms with Gasteiger partial charge in [0, 0.05) is 0 Å². The number of aromatic nitrogens is 2. The molecule has 1 saturated carbocycles. The third kappa shape index (κ3) is 3.21. The first-order chi connectivity index (χ1) is 9.04. The van der Waals surface area contributed by atoms with Crippen LogP contribution in [0.1, 0.15) is 43.1 Å². The maximum Gasteiger partial charge on any atom is 0.273 e. The molecule has 1 amide bonds. The van der Waals surface area contributed by atoms with Crippen LogP contribution in [0.3, 0.4) is 0 Å². The Hall–Kier alpha value is -1.67. The summed E-state index contributed by atoms with van der Waals surface area (Å²) in [6.45, 7) is 2.16. The highest BCUT2D eigenvalue weighted by molar-refractivity contribution is 6.29. The van der Waals surface area contributed by atoms with Crippen molar-refractivity contribution in [2.45, 2.75) is 38.1 Å². The van der Waals surface area contributed by atoms with Crippen molar-refractivity contribution in [2.75, 3.05) is 0 Å². The number of hydrogen-bond donors (Lipinski definition) is 1. The first kappa shape index (κ1) is 13.8. The number of halogens is 1. The summed E-state index contributed by atoms with van der Waals surface area (Å²) >= 11 is 5.62. The number of nitriles is 1. The molecule has 1 fully saturated rings. The van der Waals surface area contributed by atoms with Crippen molar-refractivity contribution in [1.82, 2.24) is 15.5 Å². The largest absolute Gasteiger partial charge is 0.332 e. The second-order valence-corrected chi connectivity index (χ2v) is 5.46. The van der Waals surface area contributed by atoms with Gasteiger partial charge in [-0.2, -0.15) is 5.26 Å². The minimum atomic E-state index is -0.773. The van der Waals surface area contributed by atoms with Crippen molar-refractivity contribution in [2.24, 2.45) is 5.92 Å². The number of rotatable bonds is 2. The number of carbonyl (C=O) groups is 1. The van der Waals surface area contributed by atoms with E-state index in [1.54, 1.807) is 0 Å². The van der Waals surface area contributed by atoms with Crippen LogP contribution < -0.4 is 5.32 Å². The Morgan fingerprint density at radius 3 is 2.68 bits per heavy atom. The van der Waals surface area contributed by atoms with E-state index in [0.29, 0.717) is 18.8 Å². The van der Waals surface area contributed by atoms with Crippen LogP contribution in [0, 0.1) is 17.2 Å². The molecule has 0 radical (unpaired) electrons. The zero-order chi connectivity index (χ0) is 13.9.